The number of amides is 2. The summed E-state index contributed by atoms with van der Waals surface area (Å²) in [5.74, 6) is -0.350. The second kappa shape index (κ2) is 11.6. The van der Waals surface area contributed by atoms with Crippen LogP contribution in [0, 0.1) is 6.92 Å². The third-order valence-electron chi connectivity index (χ3n) is 7.65. The molecule has 0 unspecified atom stereocenters. The van der Waals surface area contributed by atoms with E-state index in [4.69, 9.17) is 4.42 Å². The van der Waals surface area contributed by atoms with Gasteiger partial charge in [0.2, 0.25) is 0 Å². The molecule has 0 radical (unpaired) electrons. The average Bonchev–Trinajstić information content (AvgIpc) is 3.56. The number of carbonyl (C=O) groups excluding carboxylic acids is 2. The van der Waals surface area contributed by atoms with Crippen LogP contribution in [0.25, 0.3) is 10.8 Å². The van der Waals surface area contributed by atoms with E-state index < -0.39 is 0 Å². The van der Waals surface area contributed by atoms with Gasteiger partial charge in [0.1, 0.15) is 0 Å². The molecule has 1 saturated heterocycles. The first kappa shape index (κ1) is 26.2. The largest absolute Gasteiger partial charge is 0.459 e. The SMILES string of the molecule is Cc1ccccc1N1CCN(c2ccc(C(=O)NCc3cccc4ccccc34)cc2NC(=O)c2ccco2)CC1. The lowest BCUT2D eigenvalue weighted by molar-refractivity contribution is 0.0949. The van der Waals surface area contributed by atoms with Crippen LogP contribution in [0.1, 0.15) is 32.0 Å². The molecule has 2 N–H and O–H groups in total. The zero-order chi connectivity index (χ0) is 28.2. The van der Waals surface area contributed by atoms with Gasteiger partial charge in [-0.1, -0.05) is 60.7 Å². The number of furan rings is 1. The van der Waals surface area contributed by atoms with E-state index in [9.17, 15) is 9.59 Å². The van der Waals surface area contributed by atoms with Gasteiger partial charge in [0.25, 0.3) is 11.8 Å². The summed E-state index contributed by atoms with van der Waals surface area (Å²) in [7, 11) is 0. The summed E-state index contributed by atoms with van der Waals surface area (Å²) in [5.41, 5.74) is 5.48. The van der Waals surface area contributed by atoms with Crippen molar-refractivity contribution < 1.29 is 14.0 Å². The Morgan fingerprint density at radius 2 is 1.49 bits per heavy atom. The molecule has 6 rings (SSSR count). The van der Waals surface area contributed by atoms with Crippen molar-refractivity contribution in [2.45, 2.75) is 13.5 Å². The van der Waals surface area contributed by atoms with Crippen molar-refractivity contribution in [1.29, 1.82) is 0 Å². The highest BCUT2D eigenvalue weighted by Crippen LogP contribution is 2.30. The van der Waals surface area contributed by atoms with Crippen LogP contribution in [0.3, 0.4) is 0 Å². The van der Waals surface area contributed by atoms with Crippen molar-refractivity contribution in [2.24, 2.45) is 0 Å². The van der Waals surface area contributed by atoms with E-state index in [1.165, 1.54) is 17.5 Å². The number of nitrogens with one attached hydrogen (secondary N) is 2. The van der Waals surface area contributed by atoms with Crippen LogP contribution in [0.5, 0.6) is 0 Å². The molecule has 7 heteroatoms. The highest BCUT2D eigenvalue weighted by atomic mass is 16.3. The van der Waals surface area contributed by atoms with E-state index in [0.717, 1.165) is 48.2 Å². The molecule has 2 heterocycles. The van der Waals surface area contributed by atoms with E-state index in [2.05, 4.69) is 69.8 Å². The Kier molecular flexibility index (Phi) is 7.41. The lowest BCUT2D eigenvalue weighted by Crippen LogP contribution is -2.47. The van der Waals surface area contributed by atoms with Crippen molar-refractivity contribution in [1.82, 2.24) is 5.32 Å². The Hall–Kier alpha value is -5.04. The number of aryl methyl sites for hydroxylation is 1. The van der Waals surface area contributed by atoms with E-state index in [0.29, 0.717) is 17.8 Å². The third-order valence-corrected chi connectivity index (χ3v) is 7.65. The fraction of sp³-hybridized carbons (Fsp3) is 0.176. The maximum atomic E-state index is 13.3. The molecule has 0 atom stereocenters. The average molecular weight is 545 g/mol. The van der Waals surface area contributed by atoms with Crippen molar-refractivity contribution in [2.75, 3.05) is 41.3 Å². The summed E-state index contributed by atoms with van der Waals surface area (Å²) >= 11 is 0. The zero-order valence-electron chi connectivity index (χ0n) is 23.0. The predicted molar refractivity (Wildman–Crippen MR) is 164 cm³/mol. The molecule has 5 aromatic rings. The minimum Gasteiger partial charge on any atom is -0.459 e. The topological polar surface area (TPSA) is 77.8 Å². The number of hydrogen-bond donors (Lipinski definition) is 2. The fourth-order valence-electron chi connectivity index (χ4n) is 5.48. The number of nitrogens with zero attached hydrogens (tertiary/aromatic N) is 2. The van der Waals surface area contributed by atoms with Crippen LogP contribution >= 0.6 is 0 Å². The van der Waals surface area contributed by atoms with Gasteiger partial charge in [-0.3, -0.25) is 9.59 Å². The molecule has 0 bridgehead atoms. The minimum absolute atomic E-state index is 0.206. The van der Waals surface area contributed by atoms with Crippen molar-refractivity contribution >= 4 is 39.6 Å². The monoisotopic (exact) mass is 544 g/mol. The maximum Gasteiger partial charge on any atom is 0.291 e. The second-order valence-electron chi connectivity index (χ2n) is 10.2. The summed E-state index contributed by atoms with van der Waals surface area (Å²) in [5, 5.41) is 8.29. The van der Waals surface area contributed by atoms with Gasteiger partial charge >= 0.3 is 0 Å². The molecule has 1 aliphatic heterocycles. The summed E-state index contributed by atoms with van der Waals surface area (Å²) in [4.78, 5) is 30.9. The zero-order valence-corrected chi connectivity index (χ0v) is 23.0. The number of piperazine rings is 1. The van der Waals surface area contributed by atoms with Crippen LogP contribution in [-0.2, 0) is 6.54 Å². The fourth-order valence-corrected chi connectivity index (χ4v) is 5.48. The number of carbonyl (C=O) groups is 2. The van der Waals surface area contributed by atoms with E-state index in [1.807, 2.05) is 36.4 Å². The number of benzene rings is 4. The van der Waals surface area contributed by atoms with Crippen LogP contribution in [-0.4, -0.2) is 38.0 Å². The third kappa shape index (κ3) is 5.65. The molecule has 2 amide bonds. The smallest absolute Gasteiger partial charge is 0.291 e. The molecule has 0 spiro atoms. The first-order chi connectivity index (χ1) is 20.1. The highest BCUT2D eigenvalue weighted by Gasteiger charge is 2.23. The summed E-state index contributed by atoms with van der Waals surface area (Å²) in [6, 6.07) is 31.4. The molecule has 1 aromatic heterocycles. The summed E-state index contributed by atoms with van der Waals surface area (Å²) < 4.78 is 5.32. The van der Waals surface area contributed by atoms with Crippen molar-refractivity contribution in [3.8, 4) is 0 Å². The van der Waals surface area contributed by atoms with Gasteiger partial charge in [0.15, 0.2) is 5.76 Å². The Morgan fingerprint density at radius 3 is 2.27 bits per heavy atom. The molecule has 7 nitrogen and oxygen atoms in total. The normalized spacial score (nSPS) is 13.3. The van der Waals surface area contributed by atoms with Gasteiger partial charge in [-0.05, 0) is 65.2 Å². The second-order valence-corrected chi connectivity index (χ2v) is 10.2. The van der Waals surface area contributed by atoms with Gasteiger partial charge in [0, 0.05) is 44.0 Å². The molecule has 206 valence electrons. The molecule has 1 aliphatic rings. The highest BCUT2D eigenvalue weighted by molar-refractivity contribution is 6.05. The minimum atomic E-state index is -0.358. The number of rotatable bonds is 7. The van der Waals surface area contributed by atoms with Gasteiger partial charge < -0.3 is 24.9 Å². The van der Waals surface area contributed by atoms with E-state index in [1.54, 1.807) is 18.2 Å². The van der Waals surface area contributed by atoms with Crippen molar-refractivity contribution in [3.05, 3.63) is 126 Å². The molecule has 0 saturated carbocycles. The molecular weight excluding hydrogens is 512 g/mol. The molecular formula is C34H32N4O3. The molecule has 1 fully saturated rings. The van der Waals surface area contributed by atoms with Gasteiger partial charge in [0.05, 0.1) is 17.6 Å². The number of para-hydroxylation sites is 1. The molecule has 41 heavy (non-hydrogen) atoms. The van der Waals surface area contributed by atoms with E-state index in [-0.39, 0.29) is 17.6 Å². The van der Waals surface area contributed by atoms with Crippen molar-refractivity contribution in [3.63, 3.8) is 0 Å². The van der Waals surface area contributed by atoms with Gasteiger partial charge in [-0.25, -0.2) is 0 Å². The molecule has 4 aromatic carbocycles. The first-order valence-electron chi connectivity index (χ1n) is 13.9. The quantitative estimate of drug-likeness (QED) is 0.253. The Balaban J connectivity index is 1.22. The van der Waals surface area contributed by atoms with Gasteiger partial charge in [-0.15, -0.1) is 0 Å². The Labute approximate surface area is 239 Å². The Bertz CT molecular complexity index is 1680. The Morgan fingerprint density at radius 1 is 0.756 bits per heavy atom. The van der Waals surface area contributed by atoms with Crippen LogP contribution < -0.4 is 20.4 Å². The lowest BCUT2D eigenvalue weighted by Gasteiger charge is -2.38. The lowest BCUT2D eigenvalue weighted by atomic mass is 10.0. The molecule has 0 aliphatic carbocycles. The van der Waals surface area contributed by atoms with Crippen LogP contribution in [0.15, 0.2) is 108 Å². The summed E-state index contributed by atoms with van der Waals surface area (Å²) in [6.07, 6.45) is 1.47. The number of hydrogen-bond acceptors (Lipinski definition) is 5. The summed E-state index contributed by atoms with van der Waals surface area (Å²) in [6.45, 7) is 5.80. The van der Waals surface area contributed by atoms with E-state index >= 15 is 0 Å². The maximum absolute atomic E-state index is 13.3. The number of fused-ring (bicyclic) bond motifs is 1. The van der Waals surface area contributed by atoms with Crippen LogP contribution in [0.4, 0.5) is 17.1 Å². The standard InChI is InChI=1S/C34H32N4O3/c1-24-8-2-5-13-30(24)37-17-19-38(20-18-37)31-16-15-26(22-29(31)36-34(40)32-14-7-21-41-32)33(39)35-23-27-11-6-10-25-9-3-4-12-28(25)27/h2-16,21-22H,17-20,23H2,1H3,(H,35,39)(H,36,40). The van der Waals surface area contributed by atoms with Gasteiger partial charge in [-0.2, -0.15) is 0 Å². The number of anilines is 3. The van der Waals surface area contributed by atoms with Crippen LogP contribution in [0.2, 0.25) is 0 Å². The predicted octanol–water partition coefficient (Wildman–Crippen LogP) is 6.25. The first-order valence-corrected chi connectivity index (χ1v) is 13.9.